The zero-order valence-electron chi connectivity index (χ0n) is 8.63. The number of hydrogen-bond donors (Lipinski definition) is 0. The van der Waals surface area contributed by atoms with E-state index in [1.165, 1.54) is 17.8 Å². The average Bonchev–Trinajstić information content (AvgIpc) is 2.22. The number of ketones is 1. The summed E-state index contributed by atoms with van der Waals surface area (Å²) in [6.07, 6.45) is 0. The van der Waals surface area contributed by atoms with Gasteiger partial charge in [0.1, 0.15) is 13.7 Å². The minimum Gasteiger partial charge on any atom is -0.289 e. The van der Waals surface area contributed by atoms with Gasteiger partial charge in [0, 0.05) is 16.2 Å². The number of aryl methyl sites for hydroxylation is 1. The van der Waals surface area contributed by atoms with Crippen molar-refractivity contribution in [3.8, 4) is 0 Å². The van der Waals surface area contributed by atoms with Gasteiger partial charge in [-0.25, -0.2) is 4.39 Å². The van der Waals surface area contributed by atoms with Crippen molar-refractivity contribution in [2.75, 3.05) is 5.75 Å². The van der Waals surface area contributed by atoms with Crippen LogP contribution in [0.3, 0.4) is 0 Å². The molecular weight excluding hydrogens is 210 g/mol. The van der Waals surface area contributed by atoms with Gasteiger partial charge in [0.2, 0.25) is 0 Å². The number of hydrogen-bond acceptors (Lipinski definition) is 2. The maximum absolute atomic E-state index is 13.3. The number of benzene rings is 1. The van der Waals surface area contributed by atoms with Gasteiger partial charge in [-0.2, -0.15) is 0 Å². The van der Waals surface area contributed by atoms with Crippen LogP contribution in [0.4, 0.5) is 4.39 Å². The molecule has 0 saturated carbocycles. The fraction of sp³-hybridized carbons (Fsp3) is 0.182. The van der Waals surface area contributed by atoms with Crippen molar-refractivity contribution in [3.05, 3.63) is 40.6 Å². The molecule has 2 rings (SSSR count). The second-order valence-corrected chi connectivity index (χ2v) is 4.55. The van der Waals surface area contributed by atoms with E-state index in [-0.39, 0.29) is 11.6 Å². The van der Waals surface area contributed by atoms with E-state index in [4.69, 9.17) is 0 Å². The second kappa shape index (κ2) is 3.85. The van der Waals surface area contributed by atoms with E-state index in [0.29, 0.717) is 16.9 Å². The van der Waals surface area contributed by atoms with Crippen molar-refractivity contribution in [3.63, 3.8) is 0 Å². The Hall–Kier alpha value is -1.03. The Morgan fingerprint density at radius 1 is 1.53 bits per heavy atom. The lowest BCUT2D eigenvalue weighted by Gasteiger charge is -2.17. The third-order valence-electron chi connectivity index (χ3n) is 2.53. The third kappa shape index (κ3) is 1.74. The zero-order valence-corrected chi connectivity index (χ0v) is 9.45. The Balaban J connectivity index is 2.57. The molecule has 0 spiro atoms. The summed E-state index contributed by atoms with van der Waals surface area (Å²) >= 11 is 1.52. The van der Waals surface area contributed by atoms with E-state index >= 15 is 0 Å². The third-order valence-corrected chi connectivity index (χ3v) is 3.63. The molecule has 1 heterocycles. The van der Waals surface area contributed by atoms with Crippen molar-refractivity contribution in [2.45, 2.75) is 11.8 Å². The molecule has 1 nitrogen and oxygen atoms in total. The standard InChI is InChI=1S/C11H10BFOS/c1-6-2-8-10(3-9(6)13)15-5-7(4-12)11(8)14/h2-4H,5,12H2,1H3/b7-4+. The maximum atomic E-state index is 13.3. The van der Waals surface area contributed by atoms with Crippen LogP contribution in [-0.4, -0.2) is 19.4 Å². The van der Waals surface area contributed by atoms with Gasteiger partial charge in [0.25, 0.3) is 0 Å². The maximum Gasteiger partial charge on any atom is 0.189 e. The molecule has 0 aliphatic carbocycles. The van der Waals surface area contributed by atoms with Crippen LogP contribution in [0.15, 0.2) is 28.6 Å². The number of rotatable bonds is 0. The summed E-state index contributed by atoms with van der Waals surface area (Å²) in [5.41, 5.74) is 1.97. The van der Waals surface area contributed by atoms with Crippen molar-refractivity contribution < 1.29 is 9.18 Å². The molecule has 0 atom stereocenters. The Bertz CT molecular complexity index is 468. The first kappa shape index (κ1) is 10.5. The number of carbonyl (C=O) groups excluding carboxylic acids is 1. The predicted molar refractivity (Wildman–Crippen MR) is 62.8 cm³/mol. The zero-order chi connectivity index (χ0) is 11.0. The molecule has 0 unspecified atom stereocenters. The Kier molecular flexibility index (Phi) is 2.69. The highest BCUT2D eigenvalue weighted by atomic mass is 32.2. The molecule has 0 N–H and O–H groups in total. The van der Waals surface area contributed by atoms with Gasteiger partial charge >= 0.3 is 0 Å². The van der Waals surface area contributed by atoms with Gasteiger partial charge in [-0.05, 0) is 30.2 Å². The summed E-state index contributed by atoms with van der Waals surface area (Å²) in [5, 5.41) is 0. The number of halogens is 1. The van der Waals surface area contributed by atoms with Crippen LogP contribution >= 0.6 is 11.8 Å². The van der Waals surface area contributed by atoms with Crippen molar-refractivity contribution in [2.24, 2.45) is 0 Å². The van der Waals surface area contributed by atoms with Crippen molar-refractivity contribution >= 4 is 25.4 Å². The highest BCUT2D eigenvalue weighted by molar-refractivity contribution is 7.99. The summed E-state index contributed by atoms with van der Waals surface area (Å²) in [7, 11) is 1.86. The number of thioether (sulfide) groups is 1. The summed E-state index contributed by atoms with van der Waals surface area (Å²) < 4.78 is 13.3. The molecule has 0 saturated heterocycles. The second-order valence-electron chi connectivity index (χ2n) is 3.53. The molecule has 0 radical (unpaired) electrons. The van der Waals surface area contributed by atoms with Crippen molar-refractivity contribution in [1.82, 2.24) is 0 Å². The highest BCUT2D eigenvalue weighted by Crippen LogP contribution is 2.33. The lowest BCUT2D eigenvalue weighted by Crippen LogP contribution is -2.13. The van der Waals surface area contributed by atoms with E-state index in [1.54, 1.807) is 13.0 Å². The highest BCUT2D eigenvalue weighted by Gasteiger charge is 2.22. The van der Waals surface area contributed by atoms with E-state index in [2.05, 4.69) is 0 Å². The van der Waals surface area contributed by atoms with Gasteiger partial charge in [0.05, 0.1) is 0 Å². The molecule has 15 heavy (non-hydrogen) atoms. The van der Waals surface area contributed by atoms with Crippen molar-refractivity contribution in [1.29, 1.82) is 0 Å². The molecule has 0 bridgehead atoms. The molecule has 1 aliphatic rings. The molecule has 0 aromatic heterocycles. The van der Waals surface area contributed by atoms with Gasteiger partial charge in [0.15, 0.2) is 5.78 Å². The molecule has 76 valence electrons. The average molecular weight is 220 g/mol. The number of Topliss-reactive ketones (excluding diaryl/α,β-unsaturated/α-hetero) is 1. The van der Waals surface area contributed by atoms with Crippen LogP contribution in [0.2, 0.25) is 0 Å². The SMILES string of the molecule is B/C=C1\CSc2cc(F)c(C)cc2C1=O. The van der Waals surface area contributed by atoms with Gasteiger partial charge < -0.3 is 0 Å². The number of carbonyl (C=O) groups is 1. The molecule has 4 heteroatoms. The molecule has 1 aromatic carbocycles. The minimum atomic E-state index is -0.238. The van der Waals surface area contributed by atoms with Crippen LogP contribution < -0.4 is 0 Å². The van der Waals surface area contributed by atoms with E-state index in [9.17, 15) is 9.18 Å². The van der Waals surface area contributed by atoms with E-state index < -0.39 is 0 Å². The fourth-order valence-electron chi connectivity index (χ4n) is 1.57. The first-order valence-electron chi connectivity index (χ1n) is 4.76. The normalized spacial score (nSPS) is 18.0. The topological polar surface area (TPSA) is 17.1 Å². The summed E-state index contributed by atoms with van der Waals surface area (Å²) in [4.78, 5) is 12.7. The van der Waals surface area contributed by atoms with Crippen LogP contribution in [-0.2, 0) is 0 Å². The smallest absolute Gasteiger partial charge is 0.189 e. The van der Waals surface area contributed by atoms with E-state index in [0.717, 1.165) is 10.5 Å². The summed E-state index contributed by atoms with van der Waals surface area (Å²) in [6.45, 7) is 1.68. The molecule has 1 aromatic rings. The first-order chi connectivity index (χ1) is 7.13. The quantitative estimate of drug-likeness (QED) is 0.491. The Morgan fingerprint density at radius 3 is 2.93 bits per heavy atom. The van der Waals surface area contributed by atoms with Gasteiger partial charge in [-0.3, -0.25) is 4.79 Å². The largest absolute Gasteiger partial charge is 0.289 e. The molecule has 1 aliphatic heterocycles. The molecular formula is C11H10BFOS. The number of fused-ring (bicyclic) bond motifs is 1. The predicted octanol–water partition coefficient (Wildman–Crippen LogP) is 1.94. The molecule has 0 fully saturated rings. The Labute approximate surface area is 93.2 Å². The van der Waals surface area contributed by atoms with Crippen LogP contribution in [0.25, 0.3) is 0 Å². The lowest BCUT2D eigenvalue weighted by atomic mass is 9.96. The first-order valence-corrected chi connectivity index (χ1v) is 5.75. The van der Waals surface area contributed by atoms with Gasteiger partial charge in [-0.15, -0.1) is 17.7 Å². The van der Waals surface area contributed by atoms with E-state index in [1.807, 2.05) is 13.8 Å². The monoisotopic (exact) mass is 220 g/mol. The lowest BCUT2D eigenvalue weighted by molar-refractivity contribution is 0.103. The van der Waals surface area contributed by atoms with Crippen LogP contribution in [0.1, 0.15) is 15.9 Å². The Morgan fingerprint density at radius 2 is 2.27 bits per heavy atom. The molecule has 0 amide bonds. The van der Waals surface area contributed by atoms with Gasteiger partial charge in [-0.1, -0.05) is 0 Å². The summed E-state index contributed by atoms with van der Waals surface area (Å²) in [5.74, 6) is 2.27. The van der Waals surface area contributed by atoms with Crippen LogP contribution in [0, 0.1) is 12.7 Å². The fourth-order valence-corrected chi connectivity index (χ4v) is 2.67. The minimum absolute atomic E-state index is 0.0364. The summed E-state index contributed by atoms with van der Waals surface area (Å²) in [6, 6.07) is 3.10. The van der Waals surface area contributed by atoms with Crippen LogP contribution in [0.5, 0.6) is 0 Å².